The van der Waals surface area contributed by atoms with Crippen LogP contribution in [0, 0.1) is 0 Å². The number of hydrogen-bond donors (Lipinski definition) is 0. The van der Waals surface area contributed by atoms with Crippen molar-refractivity contribution in [3.05, 3.63) is 231 Å². The van der Waals surface area contributed by atoms with Crippen LogP contribution in [0.5, 0.6) is 0 Å². The van der Waals surface area contributed by atoms with E-state index in [2.05, 4.69) is 281 Å². The zero-order valence-electron chi connectivity index (χ0n) is 42.8. The Kier molecular flexibility index (Phi) is 9.98. The first kappa shape index (κ1) is 44.4. The minimum absolute atomic E-state index is 1.22. The fourth-order valence-corrected chi connectivity index (χ4v) is 20.5. The van der Waals surface area contributed by atoms with Gasteiger partial charge in [-0.15, -0.1) is 0 Å². The molecule has 2 aliphatic rings. The van der Waals surface area contributed by atoms with Crippen molar-refractivity contribution in [2.24, 2.45) is 0 Å². The predicted octanol–water partition coefficient (Wildman–Crippen LogP) is 16.4. The topological polar surface area (TPSA) is 6.48 Å². The fourth-order valence-electron chi connectivity index (χ4n) is 13.6. The van der Waals surface area contributed by atoms with E-state index in [0.29, 0.717) is 0 Å². The van der Waals surface area contributed by atoms with E-state index in [1.165, 1.54) is 142 Å². The number of nitrogens with zero attached hydrogens (tertiary/aromatic N) is 2. The molecule has 0 fully saturated rings. The van der Waals surface area contributed by atoms with Crippen LogP contribution in [0.3, 0.4) is 0 Å². The lowest BCUT2D eigenvalue weighted by Crippen LogP contribution is -2.59. The van der Waals surface area contributed by atoms with E-state index < -0.39 is 16.1 Å². The van der Waals surface area contributed by atoms with Gasteiger partial charge in [0.25, 0.3) is 0 Å². The Morgan fingerprint density at radius 1 is 0.257 bits per heavy atom. The van der Waals surface area contributed by atoms with Gasteiger partial charge >= 0.3 is 0 Å². The van der Waals surface area contributed by atoms with Gasteiger partial charge in [-0.1, -0.05) is 226 Å². The molecule has 0 aromatic heterocycles. The van der Waals surface area contributed by atoms with Crippen LogP contribution in [-0.4, -0.2) is 30.2 Å². The van der Waals surface area contributed by atoms with Gasteiger partial charge in [0, 0.05) is 36.8 Å². The van der Waals surface area contributed by atoms with Gasteiger partial charge in [0.05, 0.1) is 0 Å². The zero-order chi connectivity index (χ0) is 50.0. The molecule has 14 rings (SSSR count). The molecule has 0 amide bonds. The average Bonchev–Trinajstić information content (AvgIpc) is 3.49. The summed E-state index contributed by atoms with van der Waals surface area (Å²) in [6.07, 6.45) is 0. The highest BCUT2D eigenvalue weighted by molar-refractivity contribution is 7.04. The van der Waals surface area contributed by atoms with Crippen molar-refractivity contribution in [1.82, 2.24) is 0 Å². The monoisotopic (exact) mass is 980 g/mol. The van der Waals surface area contributed by atoms with E-state index in [1.807, 2.05) is 0 Å². The van der Waals surface area contributed by atoms with Crippen molar-refractivity contribution >= 4 is 103 Å². The van der Waals surface area contributed by atoms with Crippen molar-refractivity contribution < 1.29 is 0 Å². The standard InChI is InChI=1S/C70H56N2Si2/c1-71-62-34-14-16-38-66(62)73(3,4)69-58(32-20-36-64(69)71)54-42-40-52(46-24-10-12-26-48(46)54)50-28-18-30-56-60(50)44-61-51(29-19-31-57(61)68(56)45-22-8-7-9-23-45)53-41-43-55(49-27-13-11-25-47(49)53)59-33-21-37-65-70(59)74(5,6)67-39-17-15-35-63(67)72(65)2/h7-44H,1-6H3. The van der Waals surface area contributed by atoms with Crippen molar-refractivity contribution in [2.45, 2.75) is 26.2 Å². The molecule has 0 unspecified atom stereocenters. The largest absolute Gasteiger partial charge is 0.345 e. The summed E-state index contributed by atoms with van der Waals surface area (Å²) in [5, 5.41) is 16.1. The van der Waals surface area contributed by atoms with Gasteiger partial charge < -0.3 is 9.80 Å². The molecule has 12 aromatic rings. The second kappa shape index (κ2) is 16.6. The van der Waals surface area contributed by atoms with Gasteiger partial charge in [-0.25, -0.2) is 0 Å². The molecule has 12 aromatic carbocycles. The Balaban J connectivity index is 0.984. The Bertz CT molecular complexity index is 4050. The van der Waals surface area contributed by atoms with E-state index in [9.17, 15) is 0 Å². The molecule has 0 spiro atoms. The van der Waals surface area contributed by atoms with Crippen LogP contribution in [0.15, 0.2) is 231 Å². The Labute approximate surface area is 436 Å². The third kappa shape index (κ3) is 6.41. The lowest BCUT2D eigenvalue weighted by Gasteiger charge is -2.40. The minimum atomic E-state index is -2.11. The molecular weight excluding hydrogens is 925 g/mol. The molecule has 0 N–H and O–H groups in total. The number of fused-ring (bicyclic) bond motifs is 8. The second-order valence-electron chi connectivity index (χ2n) is 21.6. The molecule has 74 heavy (non-hydrogen) atoms. The lowest BCUT2D eigenvalue weighted by molar-refractivity contribution is 1.21. The van der Waals surface area contributed by atoms with E-state index in [-0.39, 0.29) is 0 Å². The number of hydrogen-bond acceptors (Lipinski definition) is 2. The highest BCUT2D eigenvalue weighted by atomic mass is 28.3. The van der Waals surface area contributed by atoms with Crippen LogP contribution in [-0.2, 0) is 0 Å². The predicted molar refractivity (Wildman–Crippen MR) is 326 cm³/mol. The molecular formula is C70H56N2Si2. The van der Waals surface area contributed by atoms with Gasteiger partial charge in [-0.3, -0.25) is 0 Å². The Hall–Kier alpha value is -8.29. The first-order valence-electron chi connectivity index (χ1n) is 26.1. The molecule has 0 aliphatic carbocycles. The van der Waals surface area contributed by atoms with Crippen LogP contribution in [0.2, 0.25) is 26.2 Å². The molecule has 354 valence electrons. The van der Waals surface area contributed by atoms with E-state index in [1.54, 1.807) is 0 Å². The van der Waals surface area contributed by atoms with Gasteiger partial charge in [0.1, 0.15) is 16.1 Å². The van der Waals surface area contributed by atoms with Gasteiger partial charge in [0.2, 0.25) is 0 Å². The summed E-state index contributed by atoms with van der Waals surface area (Å²) in [7, 11) is 0.260. The SMILES string of the molecule is CN1c2ccccc2[Si](C)(C)c2c(-c3ccc(-c4cccc5c(-c6ccccc6)c6cccc(-c7ccc(-c8cccc9c8[Si](C)(C)c8ccccc8N9C)c8ccccc78)c6cc45)c4ccccc34)cccc21. The third-order valence-electron chi connectivity index (χ3n) is 17.0. The molecule has 2 heterocycles. The maximum atomic E-state index is 2.53. The summed E-state index contributed by atoms with van der Waals surface area (Å²) in [6, 6.07) is 87.4. The smallest absolute Gasteiger partial charge is 0.118 e. The quantitative estimate of drug-likeness (QED) is 0.125. The molecule has 2 aliphatic heterocycles. The van der Waals surface area contributed by atoms with Crippen molar-refractivity contribution in [2.75, 3.05) is 23.9 Å². The summed E-state index contributed by atoms with van der Waals surface area (Å²) in [5.74, 6) is 0. The van der Waals surface area contributed by atoms with Crippen LogP contribution >= 0.6 is 0 Å². The number of para-hydroxylation sites is 2. The molecule has 0 radical (unpaired) electrons. The number of benzene rings is 12. The van der Waals surface area contributed by atoms with Crippen molar-refractivity contribution in [1.29, 1.82) is 0 Å². The third-order valence-corrected chi connectivity index (χ3v) is 24.1. The van der Waals surface area contributed by atoms with Crippen LogP contribution in [0.4, 0.5) is 22.7 Å². The fraction of sp³-hybridized carbons (Fsp3) is 0.0857. The van der Waals surface area contributed by atoms with E-state index in [4.69, 9.17) is 0 Å². The summed E-state index contributed by atoms with van der Waals surface area (Å²) in [4.78, 5) is 4.82. The first-order valence-corrected chi connectivity index (χ1v) is 32.1. The second-order valence-corrected chi connectivity index (χ2v) is 30.2. The number of rotatable bonds is 5. The Morgan fingerprint density at radius 2 is 0.568 bits per heavy atom. The van der Waals surface area contributed by atoms with Crippen molar-refractivity contribution in [3.63, 3.8) is 0 Å². The summed E-state index contributed by atoms with van der Waals surface area (Å²) in [5.41, 5.74) is 18.0. The molecule has 0 saturated heterocycles. The highest BCUT2D eigenvalue weighted by Gasteiger charge is 2.40. The van der Waals surface area contributed by atoms with E-state index >= 15 is 0 Å². The van der Waals surface area contributed by atoms with Crippen LogP contribution < -0.4 is 30.5 Å². The molecule has 2 nitrogen and oxygen atoms in total. The highest BCUT2D eigenvalue weighted by Crippen LogP contribution is 2.48. The zero-order valence-corrected chi connectivity index (χ0v) is 44.8. The molecule has 0 atom stereocenters. The maximum Gasteiger partial charge on any atom is 0.118 e. The van der Waals surface area contributed by atoms with E-state index in [0.717, 1.165) is 0 Å². The Morgan fingerprint density at radius 3 is 1.00 bits per heavy atom. The van der Waals surface area contributed by atoms with Gasteiger partial charge in [-0.05, 0) is 150 Å². The maximum absolute atomic E-state index is 2.53. The normalized spacial score (nSPS) is 14.2. The molecule has 0 saturated carbocycles. The minimum Gasteiger partial charge on any atom is -0.345 e. The summed E-state index contributed by atoms with van der Waals surface area (Å²) < 4.78 is 0. The summed E-state index contributed by atoms with van der Waals surface area (Å²) in [6.45, 7) is 10.1. The van der Waals surface area contributed by atoms with Gasteiger partial charge in [0.15, 0.2) is 0 Å². The number of anilines is 4. The first-order chi connectivity index (χ1) is 36.1. The molecule has 0 bridgehead atoms. The molecule has 4 heteroatoms. The average molecular weight is 981 g/mol. The lowest BCUT2D eigenvalue weighted by atomic mass is 9.84. The van der Waals surface area contributed by atoms with Gasteiger partial charge in [-0.2, -0.15) is 0 Å². The summed E-state index contributed by atoms with van der Waals surface area (Å²) >= 11 is 0. The van der Waals surface area contributed by atoms with Crippen LogP contribution in [0.1, 0.15) is 0 Å². The van der Waals surface area contributed by atoms with Crippen LogP contribution in [0.25, 0.3) is 98.7 Å². The van der Waals surface area contributed by atoms with Crippen molar-refractivity contribution in [3.8, 4) is 55.6 Å².